The molecule has 6 nitrogen and oxygen atoms in total. The number of nitrogens with zero attached hydrogens (tertiary/aromatic N) is 2. The van der Waals surface area contributed by atoms with Crippen molar-refractivity contribution in [3.05, 3.63) is 11.6 Å². The molecule has 0 unspecified atom stereocenters. The molecule has 1 heterocycles. The van der Waals surface area contributed by atoms with Gasteiger partial charge in [-0.15, -0.1) is 5.10 Å². The number of aryl methyl sites for hydroxylation is 1. The fourth-order valence-corrected chi connectivity index (χ4v) is 0.982. The van der Waals surface area contributed by atoms with Crippen LogP contribution in [-0.2, 0) is 4.74 Å². The molecule has 0 aliphatic rings. The van der Waals surface area contributed by atoms with Crippen LogP contribution in [0.3, 0.4) is 0 Å². The predicted molar refractivity (Wildman–Crippen MR) is 54.5 cm³/mol. The molecule has 1 amide bonds. The second kappa shape index (κ2) is 5.45. The minimum Gasteiger partial charge on any atom is -0.377 e. The zero-order valence-corrected chi connectivity index (χ0v) is 9.20. The number of carbonyl (C=O) groups excluding carboxylic acids is 1. The molecule has 0 saturated heterocycles. The van der Waals surface area contributed by atoms with E-state index in [-0.39, 0.29) is 17.8 Å². The maximum Gasteiger partial charge on any atom is 0.291 e. The van der Waals surface area contributed by atoms with E-state index in [1.807, 2.05) is 13.8 Å². The number of H-pyrrole nitrogens is 1. The Morgan fingerprint density at radius 1 is 1.60 bits per heavy atom. The molecule has 2 N–H and O–H groups in total. The number of hydrogen-bond donors (Lipinski definition) is 2. The highest BCUT2D eigenvalue weighted by atomic mass is 16.5. The SMILES string of the molecule is Cc1nc(C(=O)NCCOC(C)C)n[nH]1. The molecule has 15 heavy (non-hydrogen) atoms. The second-order valence-electron chi connectivity index (χ2n) is 3.42. The number of carbonyl (C=O) groups is 1. The summed E-state index contributed by atoms with van der Waals surface area (Å²) >= 11 is 0. The maximum absolute atomic E-state index is 11.4. The molecule has 84 valence electrons. The van der Waals surface area contributed by atoms with Crippen molar-refractivity contribution in [3.8, 4) is 0 Å². The highest BCUT2D eigenvalue weighted by Crippen LogP contribution is 1.90. The molecule has 0 radical (unpaired) electrons. The van der Waals surface area contributed by atoms with Crippen LogP contribution in [0.15, 0.2) is 0 Å². The van der Waals surface area contributed by atoms with Gasteiger partial charge >= 0.3 is 0 Å². The first kappa shape index (κ1) is 11.6. The van der Waals surface area contributed by atoms with E-state index in [1.165, 1.54) is 0 Å². The van der Waals surface area contributed by atoms with Crippen molar-refractivity contribution in [1.82, 2.24) is 20.5 Å². The third-order valence-corrected chi connectivity index (χ3v) is 1.64. The molecule has 6 heteroatoms. The van der Waals surface area contributed by atoms with Crippen molar-refractivity contribution in [2.24, 2.45) is 0 Å². The first-order valence-corrected chi connectivity index (χ1v) is 4.88. The number of aromatic amines is 1. The summed E-state index contributed by atoms with van der Waals surface area (Å²) in [4.78, 5) is 15.3. The summed E-state index contributed by atoms with van der Waals surface area (Å²) in [6, 6.07) is 0. The minimum absolute atomic E-state index is 0.164. The highest BCUT2D eigenvalue weighted by molar-refractivity contribution is 5.90. The Hall–Kier alpha value is -1.43. The van der Waals surface area contributed by atoms with E-state index in [4.69, 9.17) is 4.74 Å². The van der Waals surface area contributed by atoms with Crippen LogP contribution in [0, 0.1) is 6.92 Å². The molecule has 1 aromatic heterocycles. The smallest absolute Gasteiger partial charge is 0.291 e. The molecule has 0 aromatic carbocycles. The Morgan fingerprint density at radius 3 is 2.87 bits per heavy atom. The van der Waals surface area contributed by atoms with Crippen LogP contribution in [0.4, 0.5) is 0 Å². The number of amides is 1. The Morgan fingerprint density at radius 2 is 2.33 bits per heavy atom. The summed E-state index contributed by atoms with van der Waals surface area (Å²) in [5.41, 5.74) is 0. The Labute approximate surface area is 88.4 Å². The van der Waals surface area contributed by atoms with Crippen LogP contribution in [0.5, 0.6) is 0 Å². The van der Waals surface area contributed by atoms with Crippen molar-refractivity contribution < 1.29 is 9.53 Å². The lowest BCUT2D eigenvalue weighted by atomic mass is 10.5. The highest BCUT2D eigenvalue weighted by Gasteiger charge is 2.09. The Kier molecular flexibility index (Phi) is 4.23. The van der Waals surface area contributed by atoms with Gasteiger partial charge in [0.1, 0.15) is 5.82 Å². The molecule has 0 atom stereocenters. The van der Waals surface area contributed by atoms with Gasteiger partial charge in [-0.1, -0.05) is 0 Å². The van der Waals surface area contributed by atoms with Gasteiger partial charge in [-0.05, 0) is 20.8 Å². The van der Waals surface area contributed by atoms with Gasteiger partial charge in [0, 0.05) is 6.54 Å². The lowest BCUT2D eigenvalue weighted by molar-refractivity contribution is 0.0743. The molecule has 0 spiro atoms. The summed E-state index contributed by atoms with van der Waals surface area (Å²) in [6.07, 6.45) is 0.174. The van der Waals surface area contributed by atoms with Gasteiger partial charge in [-0.3, -0.25) is 9.89 Å². The van der Waals surface area contributed by atoms with Gasteiger partial charge in [0.2, 0.25) is 5.82 Å². The summed E-state index contributed by atoms with van der Waals surface area (Å²) < 4.78 is 5.27. The van der Waals surface area contributed by atoms with Crippen LogP contribution in [0.2, 0.25) is 0 Å². The molecule has 0 aliphatic carbocycles. The van der Waals surface area contributed by atoms with Gasteiger partial charge in [-0.2, -0.15) is 0 Å². The third-order valence-electron chi connectivity index (χ3n) is 1.64. The molecule has 1 rings (SSSR count). The van der Waals surface area contributed by atoms with E-state index in [0.717, 1.165) is 0 Å². The van der Waals surface area contributed by atoms with Crippen LogP contribution in [-0.4, -0.2) is 40.3 Å². The average molecular weight is 212 g/mol. The third kappa shape index (κ3) is 4.07. The monoisotopic (exact) mass is 212 g/mol. The molecular weight excluding hydrogens is 196 g/mol. The van der Waals surface area contributed by atoms with Gasteiger partial charge in [0.25, 0.3) is 5.91 Å². The van der Waals surface area contributed by atoms with E-state index in [1.54, 1.807) is 6.92 Å². The van der Waals surface area contributed by atoms with Crippen molar-refractivity contribution in [3.63, 3.8) is 0 Å². The number of nitrogens with one attached hydrogen (secondary N) is 2. The second-order valence-corrected chi connectivity index (χ2v) is 3.42. The summed E-state index contributed by atoms with van der Waals surface area (Å²) in [7, 11) is 0. The largest absolute Gasteiger partial charge is 0.377 e. The van der Waals surface area contributed by atoms with Gasteiger partial charge in [-0.25, -0.2) is 4.98 Å². The predicted octanol–water partition coefficient (Wildman–Crippen LogP) is 0.268. The van der Waals surface area contributed by atoms with Crippen molar-refractivity contribution in [1.29, 1.82) is 0 Å². The lowest BCUT2D eigenvalue weighted by Gasteiger charge is -2.07. The quantitative estimate of drug-likeness (QED) is 0.686. The summed E-state index contributed by atoms with van der Waals surface area (Å²) in [6.45, 7) is 6.59. The Balaban J connectivity index is 2.25. The van der Waals surface area contributed by atoms with Crippen molar-refractivity contribution >= 4 is 5.91 Å². The number of hydrogen-bond acceptors (Lipinski definition) is 4. The fraction of sp³-hybridized carbons (Fsp3) is 0.667. The van der Waals surface area contributed by atoms with E-state index in [9.17, 15) is 4.79 Å². The number of ether oxygens (including phenoxy) is 1. The lowest BCUT2D eigenvalue weighted by Crippen LogP contribution is -2.28. The molecule has 0 aliphatic heterocycles. The average Bonchev–Trinajstić information content (AvgIpc) is 2.59. The van der Waals surface area contributed by atoms with Gasteiger partial charge < -0.3 is 10.1 Å². The van der Waals surface area contributed by atoms with Crippen molar-refractivity contribution in [2.75, 3.05) is 13.2 Å². The van der Waals surface area contributed by atoms with E-state index < -0.39 is 0 Å². The molecule has 0 saturated carbocycles. The Bertz CT molecular complexity index is 322. The van der Waals surface area contributed by atoms with Crippen LogP contribution < -0.4 is 5.32 Å². The van der Waals surface area contributed by atoms with Crippen LogP contribution in [0.25, 0.3) is 0 Å². The first-order valence-electron chi connectivity index (χ1n) is 4.88. The fourth-order valence-electron chi connectivity index (χ4n) is 0.982. The molecule has 0 fully saturated rings. The standard InChI is InChI=1S/C9H16N4O2/c1-6(2)15-5-4-10-9(14)8-11-7(3)12-13-8/h6H,4-5H2,1-3H3,(H,10,14)(H,11,12,13). The molecule has 0 bridgehead atoms. The normalized spacial score (nSPS) is 10.7. The van der Waals surface area contributed by atoms with E-state index in [0.29, 0.717) is 19.0 Å². The zero-order valence-electron chi connectivity index (χ0n) is 9.20. The zero-order chi connectivity index (χ0) is 11.3. The summed E-state index contributed by atoms with van der Waals surface area (Å²) in [5.74, 6) is 0.502. The summed E-state index contributed by atoms with van der Waals surface area (Å²) in [5, 5.41) is 9.00. The minimum atomic E-state index is -0.285. The number of aromatic nitrogens is 3. The maximum atomic E-state index is 11.4. The van der Waals surface area contributed by atoms with E-state index in [2.05, 4.69) is 20.5 Å². The topological polar surface area (TPSA) is 79.9 Å². The van der Waals surface area contributed by atoms with Crippen molar-refractivity contribution in [2.45, 2.75) is 26.9 Å². The molecule has 1 aromatic rings. The first-order chi connectivity index (χ1) is 7.09. The number of rotatable bonds is 5. The molecular formula is C9H16N4O2. The van der Waals surface area contributed by atoms with Gasteiger partial charge in [0.05, 0.1) is 12.7 Å². The van der Waals surface area contributed by atoms with Crippen LogP contribution in [0.1, 0.15) is 30.3 Å². The van der Waals surface area contributed by atoms with E-state index >= 15 is 0 Å². The van der Waals surface area contributed by atoms with Crippen LogP contribution >= 0.6 is 0 Å². The van der Waals surface area contributed by atoms with Gasteiger partial charge in [0.15, 0.2) is 0 Å².